The topological polar surface area (TPSA) is 89.2 Å². The maximum atomic E-state index is 13.1. The summed E-state index contributed by atoms with van der Waals surface area (Å²) in [4.78, 5) is 27.4. The number of amides is 1. The number of aliphatic hydroxyl groups excluding tert-OH is 1. The van der Waals surface area contributed by atoms with Gasteiger partial charge < -0.3 is 19.0 Å². The smallest absolute Gasteiger partial charge is 0.300 e. The van der Waals surface area contributed by atoms with E-state index in [9.17, 15) is 14.7 Å². The first-order chi connectivity index (χ1) is 15.5. The SMILES string of the molecule is CCOc1ccc(N2C(=O)C(=O)/C(=C(\O)c3ccc(Cl)c(OC)c3)C2c2ccco2)cc1. The van der Waals surface area contributed by atoms with Crippen molar-refractivity contribution in [2.75, 3.05) is 18.6 Å². The molecule has 2 aromatic carbocycles. The lowest BCUT2D eigenvalue weighted by atomic mass is 9.99. The minimum absolute atomic E-state index is 0.0942. The van der Waals surface area contributed by atoms with Crippen molar-refractivity contribution in [3.05, 3.63) is 82.8 Å². The summed E-state index contributed by atoms with van der Waals surface area (Å²) < 4.78 is 16.2. The second-order valence-corrected chi connectivity index (χ2v) is 7.37. The Bertz CT molecular complexity index is 1180. The number of Topliss-reactive ketones (excluding diaryl/α,β-unsaturated/α-hetero) is 1. The molecule has 164 valence electrons. The van der Waals surface area contributed by atoms with Crippen LogP contribution in [0.2, 0.25) is 5.02 Å². The van der Waals surface area contributed by atoms with Crippen LogP contribution in [0.1, 0.15) is 24.3 Å². The Labute approximate surface area is 189 Å². The number of furan rings is 1. The van der Waals surface area contributed by atoms with E-state index in [4.69, 9.17) is 25.5 Å². The maximum Gasteiger partial charge on any atom is 0.300 e. The minimum atomic E-state index is -0.954. The average molecular weight is 454 g/mol. The van der Waals surface area contributed by atoms with E-state index in [1.165, 1.54) is 24.3 Å². The van der Waals surface area contributed by atoms with Crippen molar-refractivity contribution in [1.82, 2.24) is 0 Å². The molecule has 3 aromatic rings. The molecule has 1 aromatic heterocycles. The van der Waals surface area contributed by atoms with Crippen molar-refractivity contribution in [2.45, 2.75) is 13.0 Å². The van der Waals surface area contributed by atoms with Gasteiger partial charge in [-0.3, -0.25) is 14.5 Å². The van der Waals surface area contributed by atoms with E-state index < -0.39 is 17.7 Å². The van der Waals surface area contributed by atoms with E-state index in [2.05, 4.69) is 0 Å². The molecule has 2 heterocycles. The van der Waals surface area contributed by atoms with Gasteiger partial charge in [0, 0.05) is 11.3 Å². The third kappa shape index (κ3) is 3.71. The van der Waals surface area contributed by atoms with Crippen LogP contribution in [0.15, 0.2) is 70.9 Å². The quantitative estimate of drug-likeness (QED) is 0.322. The number of benzene rings is 2. The number of carbonyl (C=O) groups is 2. The van der Waals surface area contributed by atoms with Crippen LogP contribution in [0.3, 0.4) is 0 Å². The van der Waals surface area contributed by atoms with E-state index in [0.29, 0.717) is 34.6 Å². The molecule has 1 fully saturated rings. The Hall–Kier alpha value is -3.71. The molecule has 1 amide bonds. The molecule has 1 aliphatic rings. The molecule has 1 saturated heterocycles. The van der Waals surface area contributed by atoms with Gasteiger partial charge in [0.2, 0.25) is 0 Å². The fraction of sp³-hybridized carbons (Fsp3) is 0.167. The maximum absolute atomic E-state index is 13.1. The van der Waals surface area contributed by atoms with E-state index in [1.54, 1.807) is 48.5 Å². The van der Waals surface area contributed by atoms with Gasteiger partial charge >= 0.3 is 0 Å². The molecule has 8 heteroatoms. The predicted octanol–water partition coefficient (Wildman–Crippen LogP) is 4.97. The number of rotatable bonds is 6. The lowest BCUT2D eigenvalue weighted by Crippen LogP contribution is -2.29. The molecule has 1 atom stereocenters. The van der Waals surface area contributed by atoms with Gasteiger partial charge in [0.05, 0.1) is 30.6 Å². The standard InChI is InChI=1S/C24H20ClNO6/c1-3-31-16-9-7-15(8-10-16)26-21(18-5-4-12-32-18)20(23(28)24(26)29)22(27)14-6-11-17(25)19(13-14)30-2/h4-13,21,27H,3H2,1-2H3/b22-20-. The van der Waals surface area contributed by atoms with Crippen LogP contribution in [-0.2, 0) is 9.59 Å². The van der Waals surface area contributed by atoms with E-state index >= 15 is 0 Å². The van der Waals surface area contributed by atoms with Gasteiger partial charge in [-0.25, -0.2) is 0 Å². The number of hydrogen-bond donors (Lipinski definition) is 1. The molecular formula is C24H20ClNO6. The molecule has 0 spiro atoms. The molecule has 0 saturated carbocycles. The number of hydrogen-bond acceptors (Lipinski definition) is 6. The number of carbonyl (C=O) groups excluding carboxylic acids is 2. The molecular weight excluding hydrogens is 434 g/mol. The highest BCUT2D eigenvalue weighted by Crippen LogP contribution is 2.43. The van der Waals surface area contributed by atoms with Gasteiger partial charge in [-0.2, -0.15) is 0 Å². The summed E-state index contributed by atoms with van der Waals surface area (Å²) in [6.07, 6.45) is 1.44. The molecule has 4 rings (SSSR count). The molecule has 0 radical (unpaired) electrons. The number of ether oxygens (including phenoxy) is 2. The van der Waals surface area contributed by atoms with Gasteiger partial charge in [0.15, 0.2) is 0 Å². The Kier molecular flexibility index (Phi) is 5.92. The molecule has 0 bridgehead atoms. The van der Waals surface area contributed by atoms with Crippen LogP contribution in [-0.4, -0.2) is 30.5 Å². The van der Waals surface area contributed by atoms with Crippen LogP contribution in [0.4, 0.5) is 5.69 Å². The van der Waals surface area contributed by atoms with Crippen molar-refractivity contribution in [1.29, 1.82) is 0 Å². The molecule has 1 N–H and O–H groups in total. The van der Waals surface area contributed by atoms with E-state index in [0.717, 1.165) is 0 Å². The highest BCUT2D eigenvalue weighted by atomic mass is 35.5. The fourth-order valence-electron chi connectivity index (χ4n) is 3.65. The number of halogens is 1. The number of aliphatic hydroxyl groups is 1. The summed E-state index contributed by atoms with van der Waals surface area (Å²) in [6, 6.07) is 13.7. The Morgan fingerprint density at radius 3 is 2.53 bits per heavy atom. The first-order valence-corrected chi connectivity index (χ1v) is 10.2. The Morgan fingerprint density at radius 1 is 1.16 bits per heavy atom. The van der Waals surface area contributed by atoms with Crippen molar-refractivity contribution >= 4 is 34.7 Å². The molecule has 32 heavy (non-hydrogen) atoms. The van der Waals surface area contributed by atoms with Crippen molar-refractivity contribution < 1.29 is 28.6 Å². The normalized spacial score (nSPS) is 17.6. The lowest BCUT2D eigenvalue weighted by molar-refractivity contribution is -0.132. The average Bonchev–Trinajstić information content (AvgIpc) is 3.42. The summed E-state index contributed by atoms with van der Waals surface area (Å²) in [5, 5.41) is 11.4. The largest absolute Gasteiger partial charge is 0.507 e. The molecule has 0 aliphatic carbocycles. The summed E-state index contributed by atoms with van der Waals surface area (Å²) >= 11 is 6.08. The second-order valence-electron chi connectivity index (χ2n) is 6.96. The zero-order chi connectivity index (χ0) is 22.8. The molecule has 7 nitrogen and oxygen atoms in total. The number of nitrogens with zero attached hydrogens (tertiary/aromatic N) is 1. The zero-order valence-corrected chi connectivity index (χ0v) is 18.1. The summed E-state index contributed by atoms with van der Waals surface area (Å²) in [5.74, 6) is -0.667. The van der Waals surface area contributed by atoms with Crippen molar-refractivity contribution in [3.63, 3.8) is 0 Å². The van der Waals surface area contributed by atoms with Crippen molar-refractivity contribution in [3.8, 4) is 11.5 Å². The van der Waals surface area contributed by atoms with Crippen LogP contribution in [0, 0.1) is 0 Å². The number of methoxy groups -OCH3 is 1. The highest BCUT2D eigenvalue weighted by Gasteiger charge is 2.48. The van der Waals surface area contributed by atoms with Crippen LogP contribution >= 0.6 is 11.6 Å². The Balaban J connectivity index is 1.86. The van der Waals surface area contributed by atoms with Crippen LogP contribution in [0.5, 0.6) is 11.5 Å². The predicted molar refractivity (Wildman–Crippen MR) is 119 cm³/mol. The first kappa shape index (κ1) is 21.5. The summed E-state index contributed by atoms with van der Waals surface area (Å²) in [5.41, 5.74) is 0.653. The first-order valence-electron chi connectivity index (χ1n) is 9.87. The summed E-state index contributed by atoms with van der Waals surface area (Å²) in [6.45, 7) is 2.37. The molecule has 1 aliphatic heterocycles. The van der Waals surface area contributed by atoms with Crippen LogP contribution in [0.25, 0.3) is 5.76 Å². The second kappa shape index (κ2) is 8.80. The minimum Gasteiger partial charge on any atom is -0.507 e. The van der Waals surface area contributed by atoms with E-state index in [-0.39, 0.29) is 16.9 Å². The zero-order valence-electron chi connectivity index (χ0n) is 17.4. The van der Waals surface area contributed by atoms with Gasteiger partial charge in [-0.05, 0) is 61.5 Å². The van der Waals surface area contributed by atoms with Gasteiger partial charge in [0.25, 0.3) is 11.7 Å². The van der Waals surface area contributed by atoms with E-state index in [1.807, 2.05) is 6.92 Å². The molecule has 1 unspecified atom stereocenters. The third-order valence-electron chi connectivity index (χ3n) is 5.11. The Morgan fingerprint density at radius 2 is 1.91 bits per heavy atom. The summed E-state index contributed by atoms with van der Waals surface area (Å²) in [7, 11) is 1.44. The van der Waals surface area contributed by atoms with Crippen LogP contribution < -0.4 is 14.4 Å². The number of anilines is 1. The van der Waals surface area contributed by atoms with Gasteiger partial charge in [-0.15, -0.1) is 0 Å². The monoisotopic (exact) mass is 453 g/mol. The van der Waals surface area contributed by atoms with Gasteiger partial charge in [0.1, 0.15) is 29.1 Å². The number of ketones is 1. The van der Waals surface area contributed by atoms with Gasteiger partial charge in [-0.1, -0.05) is 11.6 Å². The fourth-order valence-corrected chi connectivity index (χ4v) is 3.84. The third-order valence-corrected chi connectivity index (χ3v) is 5.42. The highest BCUT2D eigenvalue weighted by molar-refractivity contribution is 6.51. The van der Waals surface area contributed by atoms with Crippen molar-refractivity contribution in [2.24, 2.45) is 0 Å². The lowest BCUT2D eigenvalue weighted by Gasteiger charge is -2.23.